The molecular weight excluding hydrogens is 470 g/mol. The quantitative estimate of drug-likeness (QED) is 0.370. The highest BCUT2D eigenvalue weighted by molar-refractivity contribution is 7.17. The van der Waals surface area contributed by atoms with Crippen molar-refractivity contribution in [1.29, 1.82) is 0 Å². The van der Waals surface area contributed by atoms with Gasteiger partial charge in [0.05, 0.1) is 43.8 Å². The Balaban J connectivity index is 1.64. The van der Waals surface area contributed by atoms with Gasteiger partial charge in [-0.2, -0.15) is 0 Å². The molecule has 0 saturated carbocycles. The Morgan fingerprint density at radius 2 is 1.86 bits per heavy atom. The van der Waals surface area contributed by atoms with Gasteiger partial charge in [0.2, 0.25) is 5.91 Å². The lowest BCUT2D eigenvalue weighted by Gasteiger charge is -2.11. The van der Waals surface area contributed by atoms with Crippen LogP contribution in [0.3, 0.4) is 0 Å². The van der Waals surface area contributed by atoms with Crippen LogP contribution in [0.2, 0.25) is 0 Å². The van der Waals surface area contributed by atoms with E-state index < -0.39 is 11.9 Å². The molecule has 0 atom stereocenters. The van der Waals surface area contributed by atoms with E-state index in [1.54, 1.807) is 57.5 Å². The molecule has 35 heavy (non-hydrogen) atoms. The number of thiophene rings is 1. The van der Waals surface area contributed by atoms with E-state index in [-0.39, 0.29) is 24.3 Å². The number of esters is 1. The van der Waals surface area contributed by atoms with E-state index in [1.165, 1.54) is 22.2 Å². The molecule has 0 aliphatic heterocycles. The summed E-state index contributed by atoms with van der Waals surface area (Å²) in [5.74, 6) is 0.0914. The fourth-order valence-electron chi connectivity index (χ4n) is 3.62. The summed E-state index contributed by atoms with van der Waals surface area (Å²) in [6.07, 6.45) is 1.34. The first kappa shape index (κ1) is 24.0. The number of nitrogens with one attached hydrogen (secondary N) is 1. The van der Waals surface area contributed by atoms with Crippen LogP contribution in [0.1, 0.15) is 17.3 Å². The van der Waals surface area contributed by atoms with Crippen LogP contribution in [0.5, 0.6) is 11.5 Å². The Morgan fingerprint density at radius 1 is 1.09 bits per heavy atom. The van der Waals surface area contributed by atoms with E-state index in [9.17, 15) is 14.4 Å². The van der Waals surface area contributed by atoms with Crippen LogP contribution in [-0.4, -0.2) is 42.3 Å². The Kier molecular flexibility index (Phi) is 7.11. The highest BCUT2D eigenvalue weighted by Gasteiger charge is 2.18. The number of anilines is 1. The second kappa shape index (κ2) is 10.4. The minimum Gasteiger partial charge on any atom is -0.493 e. The molecule has 2 aromatic carbocycles. The number of hydrogen-bond donors (Lipinski definition) is 1. The van der Waals surface area contributed by atoms with E-state index in [1.807, 2.05) is 11.4 Å². The topological polar surface area (TPSA) is 109 Å². The molecule has 1 amide bonds. The molecule has 9 nitrogen and oxygen atoms in total. The Hall–Kier alpha value is -4.18. The van der Waals surface area contributed by atoms with Crippen molar-refractivity contribution < 1.29 is 23.8 Å². The summed E-state index contributed by atoms with van der Waals surface area (Å²) < 4.78 is 17.0. The average Bonchev–Trinajstić information content (AvgIpc) is 3.30. The molecule has 180 valence electrons. The lowest BCUT2D eigenvalue weighted by molar-refractivity contribution is -0.116. The molecule has 0 fully saturated rings. The van der Waals surface area contributed by atoms with Gasteiger partial charge >= 0.3 is 5.97 Å². The van der Waals surface area contributed by atoms with Gasteiger partial charge in [0.25, 0.3) is 5.56 Å². The number of hydrogen-bond acceptors (Lipinski definition) is 8. The maximum Gasteiger partial charge on any atom is 0.340 e. The van der Waals surface area contributed by atoms with E-state index in [4.69, 9.17) is 14.2 Å². The van der Waals surface area contributed by atoms with Crippen LogP contribution in [0.4, 0.5) is 5.69 Å². The van der Waals surface area contributed by atoms with Crippen molar-refractivity contribution in [2.75, 3.05) is 26.1 Å². The number of carbonyl (C=O) groups excluding carboxylic acids is 2. The third kappa shape index (κ3) is 4.87. The monoisotopic (exact) mass is 493 g/mol. The maximum atomic E-state index is 13.3. The number of benzene rings is 2. The molecule has 10 heteroatoms. The second-order valence-corrected chi connectivity index (χ2v) is 8.25. The normalized spacial score (nSPS) is 10.7. The van der Waals surface area contributed by atoms with Gasteiger partial charge in [-0.1, -0.05) is 18.2 Å². The molecule has 0 spiro atoms. The fourth-order valence-corrected chi connectivity index (χ4v) is 4.53. The van der Waals surface area contributed by atoms with Gasteiger partial charge in [0.1, 0.15) is 11.4 Å². The highest BCUT2D eigenvalue weighted by Crippen LogP contribution is 2.36. The van der Waals surface area contributed by atoms with Crippen LogP contribution in [0.25, 0.3) is 21.3 Å². The number of ether oxygens (including phenoxy) is 3. The molecule has 0 aliphatic rings. The van der Waals surface area contributed by atoms with Crippen molar-refractivity contribution in [1.82, 2.24) is 9.55 Å². The van der Waals surface area contributed by atoms with E-state index in [0.29, 0.717) is 33.0 Å². The number of carbonyl (C=O) groups is 2. The standard InChI is InChI=1S/C25H23N3O6S/c1-4-34-25(31)16-7-5-6-8-18(16)27-21(29)12-28-14-26-23-22(24(28)30)17(13-35-23)15-9-10-19(32-2)20(11-15)33-3/h5-11,13-14H,4,12H2,1-3H3,(H,27,29). The lowest BCUT2D eigenvalue weighted by Crippen LogP contribution is -2.28. The van der Waals surface area contributed by atoms with Crippen molar-refractivity contribution in [3.63, 3.8) is 0 Å². The summed E-state index contributed by atoms with van der Waals surface area (Å²) in [6.45, 7) is 1.64. The number of nitrogens with zero attached hydrogens (tertiary/aromatic N) is 2. The molecule has 4 rings (SSSR count). The molecule has 4 aromatic rings. The van der Waals surface area contributed by atoms with E-state index in [0.717, 1.165) is 5.56 Å². The van der Waals surface area contributed by atoms with Gasteiger partial charge in [0, 0.05) is 10.9 Å². The molecule has 1 N–H and O–H groups in total. The number of para-hydroxylation sites is 1. The minimum absolute atomic E-state index is 0.214. The van der Waals surface area contributed by atoms with Gasteiger partial charge in [-0.05, 0) is 36.8 Å². The van der Waals surface area contributed by atoms with Crippen LogP contribution in [0.15, 0.2) is 59.0 Å². The summed E-state index contributed by atoms with van der Waals surface area (Å²) in [4.78, 5) is 43.2. The summed E-state index contributed by atoms with van der Waals surface area (Å²) in [5.41, 5.74) is 1.64. The summed E-state index contributed by atoms with van der Waals surface area (Å²) >= 11 is 1.34. The van der Waals surface area contributed by atoms with Crippen molar-refractivity contribution >= 4 is 39.1 Å². The zero-order chi connectivity index (χ0) is 24.9. The van der Waals surface area contributed by atoms with Gasteiger partial charge in [-0.15, -0.1) is 11.3 Å². The number of methoxy groups -OCH3 is 2. The fraction of sp³-hybridized carbons (Fsp3) is 0.200. The van der Waals surface area contributed by atoms with Crippen molar-refractivity contribution in [3.8, 4) is 22.6 Å². The number of amides is 1. The summed E-state index contributed by atoms with van der Waals surface area (Å²) in [7, 11) is 3.09. The van der Waals surface area contributed by atoms with Gasteiger partial charge in [0.15, 0.2) is 11.5 Å². The van der Waals surface area contributed by atoms with Crippen molar-refractivity contribution in [2.24, 2.45) is 0 Å². The molecule has 0 unspecified atom stereocenters. The van der Waals surface area contributed by atoms with Gasteiger partial charge < -0.3 is 19.5 Å². The zero-order valence-electron chi connectivity index (χ0n) is 19.4. The summed E-state index contributed by atoms with van der Waals surface area (Å²) in [6, 6.07) is 11.9. The van der Waals surface area contributed by atoms with E-state index >= 15 is 0 Å². The van der Waals surface area contributed by atoms with Gasteiger partial charge in [-0.25, -0.2) is 9.78 Å². The van der Waals surface area contributed by atoms with Crippen LogP contribution in [0, 0.1) is 0 Å². The van der Waals surface area contributed by atoms with E-state index in [2.05, 4.69) is 10.3 Å². The smallest absolute Gasteiger partial charge is 0.340 e. The Bertz CT molecular complexity index is 1460. The van der Waals surface area contributed by atoms with Gasteiger partial charge in [-0.3, -0.25) is 14.2 Å². The molecule has 0 saturated heterocycles. The maximum absolute atomic E-state index is 13.3. The van der Waals surface area contributed by atoms with Crippen LogP contribution >= 0.6 is 11.3 Å². The molecule has 0 bridgehead atoms. The molecule has 2 heterocycles. The number of fused-ring (bicyclic) bond motifs is 1. The predicted octanol–water partition coefficient (Wildman–Crippen LogP) is 3.96. The predicted molar refractivity (Wildman–Crippen MR) is 133 cm³/mol. The minimum atomic E-state index is -0.540. The second-order valence-electron chi connectivity index (χ2n) is 7.39. The Labute approximate surface area is 204 Å². The van der Waals surface area contributed by atoms with Crippen LogP contribution in [-0.2, 0) is 16.1 Å². The molecule has 0 radical (unpaired) electrons. The molecule has 2 aromatic heterocycles. The van der Waals surface area contributed by atoms with Crippen molar-refractivity contribution in [3.05, 3.63) is 70.1 Å². The Morgan fingerprint density at radius 3 is 2.60 bits per heavy atom. The number of aromatic nitrogens is 2. The van der Waals surface area contributed by atoms with Crippen molar-refractivity contribution in [2.45, 2.75) is 13.5 Å². The SMILES string of the molecule is CCOC(=O)c1ccccc1NC(=O)Cn1cnc2scc(-c3ccc(OC)c(OC)c3)c2c1=O. The third-order valence-corrected chi connectivity index (χ3v) is 6.15. The average molecular weight is 494 g/mol. The highest BCUT2D eigenvalue weighted by atomic mass is 32.1. The largest absolute Gasteiger partial charge is 0.493 e. The first-order valence-corrected chi connectivity index (χ1v) is 11.6. The molecule has 0 aliphatic carbocycles. The lowest BCUT2D eigenvalue weighted by atomic mass is 10.1. The third-order valence-electron chi connectivity index (χ3n) is 5.27. The first-order valence-electron chi connectivity index (χ1n) is 10.7. The summed E-state index contributed by atoms with van der Waals surface area (Å²) in [5, 5.41) is 4.94. The zero-order valence-corrected chi connectivity index (χ0v) is 20.2. The first-order chi connectivity index (χ1) is 17.0. The number of rotatable bonds is 8. The molecular formula is C25H23N3O6S. The van der Waals surface area contributed by atoms with Crippen LogP contribution < -0.4 is 20.3 Å².